The van der Waals surface area contributed by atoms with Gasteiger partial charge in [0.15, 0.2) is 0 Å². The van der Waals surface area contributed by atoms with Crippen LogP contribution in [0.25, 0.3) is 0 Å². The Morgan fingerprint density at radius 1 is 1.06 bits per heavy atom. The summed E-state index contributed by atoms with van der Waals surface area (Å²) in [6.07, 6.45) is 10.5. The van der Waals surface area contributed by atoms with Gasteiger partial charge >= 0.3 is 0 Å². The fourth-order valence-electron chi connectivity index (χ4n) is 5.60. The van der Waals surface area contributed by atoms with Gasteiger partial charge < -0.3 is 5.32 Å². The molecule has 1 heteroatoms. The lowest BCUT2D eigenvalue weighted by atomic mass is 9.44. The standard InChI is InChI=1S/C15H27N/c1-4-14(2,16-3)15-8-11-5-12(9-15)7-13(6-11)10-15/h11-13,16H,4-10H2,1-3H3. The van der Waals surface area contributed by atoms with Crippen molar-refractivity contribution in [3.63, 3.8) is 0 Å². The van der Waals surface area contributed by atoms with Crippen LogP contribution in [-0.4, -0.2) is 12.6 Å². The van der Waals surface area contributed by atoms with Crippen molar-refractivity contribution in [2.75, 3.05) is 7.05 Å². The van der Waals surface area contributed by atoms with Crippen molar-refractivity contribution in [1.29, 1.82) is 0 Å². The van der Waals surface area contributed by atoms with Crippen LogP contribution in [0.1, 0.15) is 58.8 Å². The molecule has 4 rings (SSSR count). The van der Waals surface area contributed by atoms with Crippen LogP contribution in [0.3, 0.4) is 0 Å². The summed E-state index contributed by atoms with van der Waals surface area (Å²) < 4.78 is 0. The molecule has 0 aliphatic heterocycles. The molecule has 0 aromatic carbocycles. The van der Waals surface area contributed by atoms with Crippen molar-refractivity contribution in [2.45, 2.75) is 64.3 Å². The Morgan fingerprint density at radius 2 is 1.50 bits per heavy atom. The van der Waals surface area contributed by atoms with Gasteiger partial charge in [0, 0.05) is 5.54 Å². The Bertz CT molecular complexity index is 242. The molecule has 0 aromatic heterocycles. The molecule has 16 heavy (non-hydrogen) atoms. The highest BCUT2D eigenvalue weighted by molar-refractivity contribution is 5.10. The highest BCUT2D eigenvalue weighted by Gasteiger charge is 2.57. The van der Waals surface area contributed by atoms with Gasteiger partial charge in [-0.1, -0.05) is 6.92 Å². The first-order valence-electron chi connectivity index (χ1n) is 7.30. The van der Waals surface area contributed by atoms with Crippen LogP contribution in [0, 0.1) is 23.2 Å². The molecule has 0 amide bonds. The van der Waals surface area contributed by atoms with E-state index in [-0.39, 0.29) is 0 Å². The summed E-state index contributed by atoms with van der Waals surface area (Å²) in [5.41, 5.74) is 1.04. The minimum Gasteiger partial charge on any atom is -0.314 e. The number of hydrogen-bond donors (Lipinski definition) is 1. The molecule has 4 bridgehead atoms. The van der Waals surface area contributed by atoms with Crippen molar-refractivity contribution in [3.05, 3.63) is 0 Å². The van der Waals surface area contributed by atoms with Crippen molar-refractivity contribution < 1.29 is 0 Å². The smallest absolute Gasteiger partial charge is 0.0204 e. The number of nitrogens with one attached hydrogen (secondary N) is 1. The minimum absolute atomic E-state index is 0.392. The van der Waals surface area contributed by atoms with E-state index in [0.717, 1.165) is 17.8 Å². The van der Waals surface area contributed by atoms with Gasteiger partial charge in [-0.3, -0.25) is 0 Å². The maximum Gasteiger partial charge on any atom is 0.0204 e. The monoisotopic (exact) mass is 221 g/mol. The van der Waals surface area contributed by atoms with Gasteiger partial charge in [0.05, 0.1) is 0 Å². The summed E-state index contributed by atoms with van der Waals surface area (Å²) in [5, 5.41) is 3.69. The molecule has 0 radical (unpaired) electrons. The SMILES string of the molecule is CCC(C)(NC)C12CC3CC(CC(C3)C1)C2. The fourth-order valence-corrected chi connectivity index (χ4v) is 5.60. The van der Waals surface area contributed by atoms with E-state index in [1.165, 1.54) is 25.7 Å². The average Bonchev–Trinajstić information content (AvgIpc) is 2.26. The predicted molar refractivity (Wildman–Crippen MR) is 68.4 cm³/mol. The molecule has 4 aliphatic carbocycles. The topological polar surface area (TPSA) is 12.0 Å². The molecule has 4 fully saturated rings. The summed E-state index contributed by atoms with van der Waals surface area (Å²) >= 11 is 0. The van der Waals surface area contributed by atoms with Crippen LogP contribution in [0.2, 0.25) is 0 Å². The zero-order chi connectivity index (χ0) is 11.4. The van der Waals surface area contributed by atoms with Crippen LogP contribution in [0.4, 0.5) is 0 Å². The van der Waals surface area contributed by atoms with Gasteiger partial charge in [0.1, 0.15) is 0 Å². The fraction of sp³-hybridized carbons (Fsp3) is 1.00. The number of rotatable bonds is 3. The van der Waals surface area contributed by atoms with Crippen molar-refractivity contribution >= 4 is 0 Å². The first kappa shape index (κ1) is 11.1. The zero-order valence-electron chi connectivity index (χ0n) is 11.2. The molecule has 0 saturated heterocycles. The van der Waals surface area contributed by atoms with Crippen molar-refractivity contribution in [1.82, 2.24) is 5.32 Å². The summed E-state index contributed by atoms with van der Waals surface area (Å²) in [5.74, 6) is 3.22. The highest BCUT2D eigenvalue weighted by atomic mass is 15.0. The Hall–Kier alpha value is -0.0400. The van der Waals surface area contributed by atoms with Gasteiger partial charge in [-0.25, -0.2) is 0 Å². The molecule has 0 aromatic rings. The molecule has 1 N–H and O–H groups in total. The molecular formula is C15H27N. The third kappa shape index (κ3) is 1.33. The largest absolute Gasteiger partial charge is 0.314 e. The first-order valence-corrected chi connectivity index (χ1v) is 7.30. The molecule has 1 unspecified atom stereocenters. The molecular weight excluding hydrogens is 194 g/mol. The zero-order valence-corrected chi connectivity index (χ0v) is 11.2. The lowest BCUT2D eigenvalue weighted by Crippen LogP contribution is -2.61. The van der Waals surface area contributed by atoms with Crippen LogP contribution in [0.5, 0.6) is 0 Å². The summed E-state index contributed by atoms with van der Waals surface area (Å²) in [6, 6.07) is 0. The van der Waals surface area contributed by atoms with Crippen LogP contribution >= 0.6 is 0 Å². The van der Waals surface area contributed by atoms with Crippen molar-refractivity contribution in [3.8, 4) is 0 Å². The lowest BCUT2D eigenvalue weighted by molar-refractivity contribution is -0.103. The first-order chi connectivity index (χ1) is 7.61. The summed E-state index contributed by atoms with van der Waals surface area (Å²) in [4.78, 5) is 0. The second-order valence-corrected chi connectivity index (χ2v) is 7.13. The average molecular weight is 221 g/mol. The molecule has 4 aliphatic rings. The molecule has 92 valence electrons. The van der Waals surface area contributed by atoms with E-state index < -0.39 is 0 Å². The van der Waals surface area contributed by atoms with E-state index in [1.54, 1.807) is 19.3 Å². The summed E-state index contributed by atoms with van der Waals surface area (Å²) in [6.45, 7) is 4.86. The normalized spacial score (nSPS) is 49.3. The van der Waals surface area contributed by atoms with Crippen LogP contribution in [0.15, 0.2) is 0 Å². The second kappa shape index (κ2) is 3.48. The molecule has 0 heterocycles. The van der Waals surface area contributed by atoms with Gasteiger partial charge in [0.25, 0.3) is 0 Å². The maximum absolute atomic E-state index is 3.69. The molecule has 1 atom stereocenters. The third-order valence-corrected chi connectivity index (χ3v) is 6.47. The highest BCUT2D eigenvalue weighted by Crippen LogP contribution is 2.64. The Labute approximate surface area is 100 Å². The van der Waals surface area contributed by atoms with Crippen LogP contribution in [-0.2, 0) is 0 Å². The van der Waals surface area contributed by atoms with E-state index in [2.05, 4.69) is 26.2 Å². The molecule has 0 spiro atoms. The summed E-state index contributed by atoms with van der Waals surface area (Å²) in [7, 11) is 2.18. The second-order valence-electron chi connectivity index (χ2n) is 7.13. The minimum atomic E-state index is 0.392. The van der Waals surface area contributed by atoms with E-state index in [1.807, 2.05) is 0 Å². The van der Waals surface area contributed by atoms with Gasteiger partial charge in [-0.2, -0.15) is 0 Å². The Balaban J connectivity index is 1.93. The van der Waals surface area contributed by atoms with E-state index >= 15 is 0 Å². The Kier molecular flexibility index (Phi) is 2.41. The van der Waals surface area contributed by atoms with Gasteiger partial charge in [-0.15, -0.1) is 0 Å². The molecule has 1 nitrogen and oxygen atoms in total. The quantitative estimate of drug-likeness (QED) is 0.768. The lowest BCUT2D eigenvalue weighted by Gasteiger charge is -2.63. The molecule has 4 saturated carbocycles. The van der Waals surface area contributed by atoms with E-state index in [9.17, 15) is 0 Å². The predicted octanol–water partition coefficient (Wildman–Crippen LogP) is 3.59. The number of hydrogen-bond acceptors (Lipinski definition) is 1. The van der Waals surface area contributed by atoms with Gasteiger partial charge in [0.2, 0.25) is 0 Å². The van der Waals surface area contributed by atoms with E-state index in [0.29, 0.717) is 11.0 Å². The van der Waals surface area contributed by atoms with Crippen molar-refractivity contribution in [2.24, 2.45) is 23.2 Å². The third-order valence-electron chi connectivity index (χ3n) is 6.47. The van der Waals surface area contributed by atoms with Gasteiger partial charge in [-0.05, 0) is 82.1 Å². The van der Waals surface area contributed by atoms with Crippen LogP contribution < -0.4 is 5.32 Å². The Morgan fingerprint density at radius 3 is 1.81 bits per heavy atom. The van der Waals surface area contributed by atoms with E-state index in [4.69, 9.17) is 0 Å². The maximum atomic E-state index is 3.69.